The molecule has 154 valence electrons. The van der Waals surface area contributed by atoms with E-state index in [1.165, 1.54) is 12.1 Å². The van der Waals surface area contributed by atoms with Gasteiger partial charge in [0.05, 0.1) is 11.4 Å². The maximum atomic E-state index is 13.2. The van der Waals surface area contributed by atoms with Crippen molar-refractivity contribution in [2.75, 3.05) is 27.2 Å². The van der Waals surface area contributed by atoms with Gasteiger partial charge in [-0.25, -0.2) is 4.39 Å². The molecule has 29 heavy (non-hydrogen) atoms. The average Bonchev–Trinajstić information content (AvgIpc) is 3.24. The van der Waals surface area contributed by atoms with Crippen LogP contribution in [0.15, 0.2) is 30.3 Å². The van der Waals surface area contributed by atoms with E-state index in [0.29, 0.717) is 24.5 Å². The Kier molecular flexibility index (Phi) is 6.12. The summed E-state index contributed by atoms with van der Waals surface area (Å²) in [7, 11) is 5.81. The van der Waals surface area contributed by atoms with Crippen molar-refractivity contribution in [3.8, 4) is 11.3 Å². The fourth-order valence-corrected chi connectivity index (χ4v) is 3.26. The lowest BCUT2D eigenvalue weighted by Gasteiger charge is -2.24. The molecule has 0 radical (unpaired) electrons. The third-order valence-electron chi connectivity index (χ3n) is 4.96. The van der Waals surface area contributed by atoms with Gasteiger partial charge in [-0.3, -0.25) is 14.6 Å². The van der Waals surface area contributed by atoms with E-state index >= 15 is 0 Å². The summed E-state index contributed by atoms with van der Waals surface area (Å²) in [4.78, 5) is 17.0. The number of benzene rings is 1. The molecule has 7 nitrogen and oxygen atoms in total. The van der Waals surface area contributed by atoms with Crippen LogP contribution in [0.2, 0.25) is 0 Å². The van der Waals surface area contributed by atoms with Crippen LogP contribution in [0, 0.1) is 19.7 Å². The van der Waals surface area contributed by atoms with Crippen LogP contribution >= 0.6 is 0 Å². The maximum absolute atomic E-state index is 13.2. The number of aromatic amines is 1. The summed E-state index contributed by atoms with van der Waals surface area (Å²) < 4.78 is 15.0. The van der Waals surface area contributed by atoms with E-state index in [0.717, 1.165) is 29.1 Å². The molecule has 8 heteroatoms. The number of H-pyrrole nitrogens is 1. The van der Waals surface area contributed by atoms with Gasteiger partial charge in [0.15, 0.2) is 0 Å². The van der Waals surface area contributed by atoms with Crippen molar-refractivity contribution in [1.29, 1.82) is 0 Å². The van der Waals surface area contributed by atoms with Gasteiger partial charge in [-0.15, -0.1) is 0 Å². The Bertz CT molecular complexity index is 989. The predicted octanol–water partition coefficient (Wildman–Crippen LogP) is 2.77. The van der Waals surface area contributed by atoms with E-state index in [-0.39, 0.29) is 11.7 Å². The third-order valence-corrected chi connectivity index (χ3v) is 4.96. The Morgan fingerprint density at radius 3 is 2.45 bits per heavy atom. The molecule has 0 atom stereocenters. The van der Waals surface area contributed by atoms with Gasteiger partial charge in [-0.2, -0.15) is 10.2 Å². The van der Waals surface area contributed by atoms with Crippen molar-refractivity contribution in [3.05, 3.63) is 58.8 Å². The minimum absolute atomic E-state index is 0.144. The van der Waals surface area contributed by atoms with Crippen LogP contribution in [0.4, 0.5) is 4.39 Å². The van der Waals surface area contributed by atoms with Crippen LogP contribution in [0.25, 0.3) is 11.3 Å². The summed E-state index contributed by atoms with van der Waals surface area (Å²) in [6, 6.07) is 7.99. The van der Waals surface area contributed by atoms with Crippen molar-refractivity contribution in [3.63, 3.8) is 0 Å². The van der Waals surface area contributed by atoms with E-state index in [9.17, 15) is 9.18 Å². The van der Waals surface area contributed by atoms with Gasteiger partial charge in [0, 0.05) is 37.9 Å². The second-order valence-corrected chi connectivity index (χ2v) is 7.49. The van der Waals surface area contributed by atoms with Gasteiger partial charge in [0.25, 0.3) is 5.91 Å². The van der Waals surface area contributed by atoms with Crippen LogP contribution in [0.1, 0.15) is 27.4 Å². The Morgan fingerprint density at radius 1 is 1.17 bits per heavy atom. The van der Waals surface area contributed by atoms with E-state index in [1.54, 1.807) is 27.8 Å². The van der Waals surface area contributed by atoms with Gasteiger partial charge in [0.2, 0.25) is 0 Å². The number of halogens is 1. The first-order valence-corrected chi connectivity index (χ1v) is 9.50. The van der Waals surface area contributed by atoms with E-state index in [1.807, 2.05) is 39.9 Å². The summed E-state index contributed by atoms with van der Waals surface area (Å²) in [5.74, 6) is -0.436. The molecule has 0 saturated carbocycles. The summed E-state index contributed by atoms with van der Waals surface area (Å²) in [6.07, 6.45) is 0. The maximum Gasteiger partial charge on any atom is 0.272 e. The highest BCUT2D eigenvalue weighted by Crippen LogP contribution is 2.25. The van der Waals surface area contributed by atoms with Crippen molar-refractivity contribution in [2.45, 2.75) is 20.4 Å². The molecule has 1 amide bonds. The van der Waals surface area contributed by atoms with Gasteiger partial charge in [-0.05, 0) is 51.7 Å². The molecule has 0 unspecified atom stereocenters. The number of hydrogen-bond donors (Lipinski definition) is 1. The monoisotopic (exact) mass is 398 g/mol. The first kappa shape index (κ1) is 20.7. The van der Waals surface area contributed by atoms with Crippen molar-refractivity contribution < 1.29 is 9.18 Å². The topological polar surface area (TPSA) is 70.1 Å². The Labute approximate surface area is 170 Å². The van der Waals surface area contributed by atoms with E-state index in [4.69, 9.17) is 0 Å². The van der Waals surface area contributed by atoms with Crippen LogP contribution in [0.3, 0.4) is 0 Å². The number of aromatic nitrogens is 4. The quantitative estimate of drug-likeness (QED) is 0.664. The van der Waals surface area contributed by atoms with Crippen LogP contribution < -0.4 is 0 Å². The fraction of sp³-hybridized carbons (Fsp3) is 0.381. The molecule has 0 spiro atoms. The number of likely N-dealkylation sites (N-methyl/N-ethyl adjacent to an activating group) is 1. The number of nitrogens with one attached hydrogen (secondary N) is 1. The standard InChI is InChI=1S/C21H27FN6O/c1-14-20(15(2)27(5)25-14)18-12-19(24-23-18)21(29)28(11-10-26(3)4)13-16-6-8-17(22)9-7-16/h6-9,12H,10-11,13H2,1-5H3,(H,23,24). The van der Waals surface area contributed by atoms with Crippen LogP contribution in [-0.4, -0.2) is 62.9 Å². The van der Waals surface area contributed by atoms with Gasteiger partial charge in [0.1, 0.15) is 11.5 Å². The Hall–Kier alpha value is -3.00. The van der Waals surface area contributed by atoms with Gasteiger partial charge < -0.3 is 9.80 Å². The molecule has 1 N–H and O–H groups in total. The first-order chi connectivity index (χ1) is 13.8. The number of nitrogens with zero attached hydrogens (tertiary/aromatic N) is 5. The van der Waals surface area contributed by atoms with Crippen LogP contribution in [0.5, 0.6) is 0 Å². The zero-order valence-corrected chi connectivity index (χ0v) is 17.5. The molecule has 2 aromatic heterocycles. The molecule has 0 aliphatic rings. The number of amides is 1. The number of hydrogen-bond acceptors (Lipinski definition) is 4. The first-order valence-electron chi connectivity index (χ1n) is 9.50. The number of aryl methyl sites for hydroxylation is 2. The van der Waals surface area contributed by atoms with Gasteiger partial charge in [-0.1, -0.05) is 12.1 Å². The minimum Gasteiger partial charge on any atom is -0.332 e. The molecule has 0 aliphatic carbocycles. The largest absolute Gasteiger partial charge is 0.332 e. The van der Waals surface area contributed by atoms with E-state index in [2.05, 4.69) is 15.3 Å². The summed E-state index contributed by atoms with van der Waals surface area (Å²) in [6.45, 7) is 5.56. The fourth-order valence-electron chi connectivity index (χ4n) is 3.26. The third kappa shape index (κ3) is 4.71. The lowest BCUT2D eigenvalue weighted by molar-refractivity contribution is 0.0726. The molecule has 1 aromatic carbocycles. The molecule has 3 rings (SSSR count). The second kappa shape index (κ2) is 8.57. The smallest absolute Gasteiger partial charge is 0.272 e. The highest BCUT2D eigenvalue weighted by Gasteiger charge is 2.21. The van der Waals surface area contributed by atoms with Crippen LogP contribution in [-0.2, 0) is 13.6 Å². The summed E-state index contributed by atoms with van der Waals surface area (Å²) in [5, 5.41) is 11.7. The molecular formula is C21H27FN6O. The van der Waals surface area contributed by atoms with Crippen molar-refractivity contribution in [1.82, 2.24) is 29.8 Å². The summed E-state index contributed by atoms with van der Waals surface area (Å²) in [5.41, 5.74) is 4.78. The summed E-state index contributed by atoms with van der Waals surface area (Å²) >= 11 is 0. The zero-order chi connectivity index (χ0) is 21.1. The molecule has 0 fully saturated rings. The highest BCUT2D eigenvalue weighted by atomic mass is 19.1. The molecule has 0 bridgehead atoms. The minimum atomic E-state index is -0.291. The Morgan fingerprint density at radius 2 is 1.86 bits per heavy atom. The molecular weight excluding hydrogens is 371 g/mol. The van der Waals surface area contributed by atoms with Gasteiger partial charge >= 0.3 is 0 Å². The zero-order valence-electron chi connectivity index (χ0n) is 17.5. The predicted molar refractivity (Wildman–Crippen MR) is 110 cm³/mol. The Balaban J connectivity index is 1.85. The highest BCUT2D eigenvalue weighted by molar-refractivity contribution is 5.93. The average molecular weight is 398 g/mol. The number of rotatable bonds is 7. The number of carbonyl (C=O) groups excluding carboxylic acids is 1. The number of carbonyl (C=O) groups is 1. The molecule has 2 heterocycles. The normalized spacial score (nSPS) is 11.3. The molecule has 3 aromatic rings. The lowest BCUT2D eigenvalue weighted by Crippen LogP contribution is -2.36. The van der Waals surface area contributed by atoms with Crippen molar-refractivity contribution in [2.24, 2.45) is 7.05 Å². The molecule has 0 saturated heterocycles. The van der Waals surface area contributed by atoms with E-state index < -0.39 is 0 Å². The molecule has 0 aliphatic heterocycles. The lowest BCUT2D eigenvalue weighted by atomic mass is 10.1. The second-order valence-electron chi connectivity index (χ2n) is 7.49. The SMILES string of the molecule is Cc1nn(C)c(C)c1-c1cc(C(=O)N(CCN(C)C)Cc2ccc(F)cc2)[nH]n1. The van der Waals surface area contributed by atoms with Crippen molar-refractivity contribution >= 4 is 5.91 Å².